The standard InChI is InChI=1S/C26H23N3O4/c1-17-8-11-21(16-18(17)2)27-24-23(20-9-12-22(13-10-20)29(32)33)25(30)28(26(24)31)15-14-19-6-4-3-5-7-19/h3-13,16,27H,14-15H2,1-2H3. The second kappa shape index (κ2) is 9.08. The lowest BCUT2D eigenvalue weighted by Gasteiger charge is -2.15. The lowest BCUT2D eigenvalue weighted by Crippen LogP contribution is -2.34. The van der Waals surface area contributed by atoms with Gasteiger partial charge in [-0.05, 0) is 66.8 Å². The van der Waals surface area contributed by atoms with E-state index < -0.39 is 16.7 Å². The molecule has 0 spiro atoms. The summed E-state index contributed by atoms with van der Waals surface area (Å²) in [5.41, 5.74) is 4.63. The molecule has 0 fully saturated rings. The Kier molecular flexibility index (Phi) is 6.04. The number of imide groups is 1. The molecule has 0 aliphatic carbocycles. The second-order valence-corrected chi connectivity index (χ2v) is 7.98. The van der Waals surface area contributed by atoms with Crippen LogP contribution in [0.5, 0.6) is 0 Å². The van der Waals surface area contributed by atoms with E-state index in [-0.39, 0.29) is 23.5 Å². The monoisotopic (exact) mass is 441 g/mol. The molecule has 0 saturated carbocycles. The summed E-state index contributed by atoms with van der Waals surface area (Å²) in [4.78, 5) is 38.4. The predicted molar refractivity (Wildman–Crippen MR) is 126 cm³/mol. The van der Waals surface area contributed by atoms with Crippen molar-refractivity contribution in [2.24, 2.45) is 0 Å². The number of nitro benzene ring substituents is 1. The highest BCUT2D eigenvalue weighted by molar-refractivity contribution is 6.36. The first-order valence-electron chi connectivity index (χ1n) is 10.6. The Labute approximate surface area is 191 Å². The van der Waals surface area contributed by atoms with Crippen LogP contribution in [0.3, 0.4) is 0 Å². The van der Waals surface area contributed by atoms with Crippen molar-refractivity contribution >= 4 is 28.8 Å². The average molecular weight is 441 g/mol. The number of non-ortho nitro benzene ring substituents is 1. The molecule has 1 aliphatic heterocycles. The van der Waals surface area contributed by atoms with Gasteiger partial charge in [-0.2, -0.15) is 0 Å². The number of nitrogens with zero attached hydrogens (tertiary/aromatic N) is 2. The predicted octanol–water partition coefficient (Wildman–Crippen LogP) is 4.65. The van der Waals surface area contributed by atoms with E-state index in [4.69, 9.17) is 0 Å². The molecule has 0 radical (unpaired) electrons. The zero-order chi connectivity index (χ0) is 23.5. The summed E-state index contributed by atoms with van der Waals surface area (Å²) in [6.07, 6.45) is 0.531. The lowest BCUT2D eigenvalue weighted by molar-refractivity contribution is -0.384. The molecule has 7 heteroatoms. The minimum atomic E-state index is -0.500. The third kappa shape index (κ3) is 4.52. The first kappa shape index (κ1) is 22.0. The van der Waals surface area contributed by atoms with E-state index in [1.165, 1.54) is 29.2 Å². The highest BCUT2D eigenvalue weighted by atomic mass is 16.6. The van der Waals surface area contributed by atoms with Crippen LogP contribution in [-0.2, 0) is 16.0 Å². The average Bonchev–Trinajstić information content (AvgIpc) is 3.04. The molecule has 33 heavy (non-hydrogen) atoms. The molecule has 1 aliphatic rings. The molecule has 2 amide bonds. The molecule has 0 atom stereocenters. The summed E-state index contributed by atoms with van der Waals surface area (Å²) in [6.45, 7) is 4.20. The Balaban J connectivity index is 1.69. The highest BCUT2D eigenvalue weighted by Gasteiger charge is 2.39. The van der Waals surface area contributed by atoms with E-state index >= 15 is 0 Å². The summed E-state index contributed by atoms with van der Waals surface area (Å²) in [6, 6.07) is 21.0. The van der Waals surface area contributed by atoms with Crippen LogP contribution in [0, 0.1) is 24.0 Å². The van der Waals surface area contributed by atoms with E-state index in [1.54, 1.807) is 0 Å². The molecule has 7 nitrogen and oxygen atoms in total. The largest absolute Gasteiger partial charge is 0.350 e. The SMILES string of the molecule is Cc1ccc(NC2=C(c3ccc([N+](=O)[O-])cc3)C(=O)N(CCc3ccccc3)C2=O)cc1C. The number of carbonyl (C=O) groups excluding carboxylic acids is 2. The van der Waals surface area contributed by atoms with Gasteiger partial charge in [0.2, 0.25) is 0 Å². The second-order valence-electron chi connectivity index (χ2n) is 7.98. The van der Waals surface area contributed by atoms with Crippen LogP contribution in [-0.4, -0.2) is 28.2 Å². The molecule has 166 valence electrons. The van der Waals surface area contributed by atoms with Gasteiger partial charge in [-0.15, -0.1) is 0 Å². The van der Waals surface area contributed by atoms with Gasteiger partial charge >= 0.3 is 0 Å². The van der Waals surface area contributed by atoms with Crippen molar-refractivity contribution in [1.82, 2.24) is 4.90 Å². The molecular formula is C26H23N3O4. The number of hydrogen-bond donors (Lipinski definition) is 1. The Morgan fingerprint density at radius 2 is 1.58 bits per heavy atom. The number of hydrogen-bond acceptors (Lipinski definition) is 5. The van der Waals surface area contributed by atoms with Crippen LogP contribution < -0.4 is 5.32 Å². The zero-order valence-corrected chi connectivity index (χ0v) is 18.4. The first-order valence-corrected chi connectivity index (χ1v) is 10.6. The first-order chi connectivity index (χ1) is 15.8. The minimum Gasteiger partial charge on any atom is -0.350 e. The fourth-order valence-corrected chi connectivity index (χ4v) is 3.76. The highest BCUT2D eigenvalue weighted by Crippen LogP contribution is 2.32. The van der Waals surface area contributed by atoms with Crippen LogP contribution in [0.15, 0.2) is 78.5 Å². The molecule has 4 rings (SSSR count). The van der Waals surface area contributed by atoms with Crippen LogP contribution in [0.4, 0.5) is 11.4 Å². The van der Waals surface area contributed by atoms with E-state index in [9.17, 15) is 19.7 Å². The van der Waals surface area contributed by atoms with Gasteiger partial charge in [0.15, 0.2) is 0 Å². The minimum absolute atomic E-state index is 0.0827. The third-order valence-corrected chi connectivity index (χ3v) is 5.78. The van der Waals surface area contributed by atoms with Crippen LogP contribution >= 0.6 is 0 Å². The zero-order valence-electron chi connectivity index (χ0n) is 18.4. The van der Waals surface area contributed by atoms with Gasteiger partial charge in [-0.25, -0.2) is 0 Å². The van der Waals surface area contributed by atoms with Gasteiger partial charge in [0.1, 0.15) is 5.70 Å². The maximum Gasteiger partial charge on any atom is 0.278 e. The van der Waals surface area contributed by atoms with Crippen molar-refractivity contribution in [3.63, 3.8) is 0 Å². The number of rotatable bonds is 7. The number of benzene rings is 3. The molecular weight excluding hydrogens is 418 g/mol. The van der Waals surface area contributed by atoms with Gasteiger partial charge in [-0.1, -0.05) is 36.4 Å². The summed E-state index contributed by atoms with van der Waals surface area (Å²) in [7, 11) is 0. The quantitative estimate of drug-likeness (QED) is 0.327. The normalized spacial score (nSPS) is 13.6. The van der Waals surface area contributed by atoms with Crippen LogP contribution in [0.2, 0.25) is 0 Å². The molecule has 3 aromatic carbocycles. The number of carbonyl (C=O) groups is 2. The summed E-state index contributed by atoms with van der Waals surface area (Å²) < 4.78 is 0. The number of nitro groups is 1. The Bertz CT molecular complexity index is 1260. The maximum absolute atomic E-state index is 13.4. The van der Waals surface area contributed by atoms with Crippen molar-refractivity contribution in [1.29, 1.82) is 0 Å². The summed E-state index contributed by atoms with van der Waals surface area (Å²) >= 11 is 0. The molecule has 1 N–H and O–H groups in total. The molecule has 0 bridgehead atoms. The lowest BCUT2D eigenvalue weighted by atomic mass is 10.0. The fourth-order valence-electron chi connectivity index (χ4n) is 3.76. The van der Waals surface area contributed by atoms with E-state index in [0.717, 1.165) is 16.7 Å². The van der Waals surface area contributed by atoms with Gasteiger partial charge in [0, 0.05) is 24.4 Å². The van der Waals surface area contributed by atoms with Gasteiger partial charge < -0.3 is 5.32 Å². The topological polar surface area (TPSA) is 92.6 Å². The van der Waals surface area contributed by atoms with Crippen LogP contribution in [0.25, 0.3) is 5.57 Å². The number of amides is 2. The van der Waals surface area contributed by atoms with Crippen molar-refractivity contribution in [3.8, 4) is 0 Å². The van der Waals surface area contributed by atoms with Gasteiger partial charge in [0.25, 0.3) is 17.5 Å². The summed E-state index contributed by atoms with van der Waals surface area (Å²) in [5, 5.41) is 14.2. The van der Waals surface area contributed by atoms with E-state index in [1.807, 2.05) is 62.4 Å². The Morgan fingerprint density at radius 3 is 2.21 bits per heavy atom. The van der Waals surface area contributed by atoms with Crippen LogP contribution in [0.1, 0.15) is 22.3 Å². The molecule has 0 aromatic heterocycles. The Hall–Kier alpha value is -4.26. The van der Waals surface area contributed by atoms with Crippen molar-refractivity contribution in [2.75, 3.05) is 11.9 Å². The molecule has 0 unspecified atom stereocenters. The third-order valence-electron chi connectivity index (χ3n) is 5.78. The smallest absolute Gasteiger partial charge is 0.278 e. The fraction of sp³-hybridized carbons (Fsp3) is 0.154. The molecule has 0 saturated heterocycles. The van der Waals surface area contributed by atoms with E-state index in [2.05, 4.69) is 5.32 Å². The Morgan fingerprint density at radius 1 is 0.879 bits per heavy atom. The van der Waals surface area contributed by atoms with Gasteiger partial charge in [-0.3, -0.25) is 24.6 Å². The molecule has 1 heterocycles. The van der Waals surface area contributed by atoms with Crippen molar-refractivity contribution < 1.29 is 14.5 Å². The molecule has 3 aromatic rings. The summed E-state index contributed by atoms with van der Waals surface area (Å²) in [5.74, 6) is -0.835. The number of nitrogens with one attached hydrogen (secondary N) is 1. The number of anilines is 1. The van der Waals surface area contributed by atoms with Crippen molar-refractivity contribution in [3.05, 3.63) is 111 Å². The maximum atomic E-state index is 13.4. The number of aryl methyl sites for hydroxylation is 2. The van der Waals surface area contributed by atoms with Crippen molar-refractivity contribution in [2.45, 2.75) is 20.3 Å². The van der Waals surface area contributed by atoms with Gasteiger partial charge in [0.05, 0.1) is 10.5 Å². The van der Waals surface area contributed by atoms with E-state index in [0.29, 0.717) is 17.7 Å².